The molecule has 0 radical (unpaired) electrons. The second-order valence-corrected chi connectivity index (χ2v) is 7.33. The fraction of sp³-hybridized carbons (Fsp3) is 0.636. The van der Waals surface area contributed by atoms with Gasteiger partial charge in [-0.2, -0.15) is 0 Å². The van der Waals surface area contributed by atoms with Crippen molar-refractivity contribution in [1.29, 1.82) is 0 Å². The van der Waals surface area contributed by atoms with Crippen molar-refractivity contribution in [1.82, 2.24) is 0 Å². The van der Waals surface area contributed by atoms with Gasteiger partial charge in [-0.3, -0.25) is 0 Å². The number of allylic oxidation sites excluding steroid dienone is 4. The SMILES string of the molecule is CO[Si](OC)(OC)C1CC12C=CC=CC2. The highest BCUT2D eigenvalue weighted by atomic mass is 28.4. The first-order valence-electron chi connectivity index (χ1n) is 5.23. The fourth-order valence-electron chi connectivity index (χ4n) is 2.57. The number of hydrogen-bond acceptors (Lipinski definition) is 3. The van der Waals surface area contributed by atoms with Gasteiger partial charge in [-0.05, 0) is 18.3 Å². The Bertz CT molecular complexity index is 288. The van der Waals surface area contributed by atoms with Gasteiger partial charge in [0.2, 0.25) is 0 Å². The van der Waals surface area contributed by atoms with Crippen molar-refractivity contribution in [3.63, 3.8) is 0 Å². The Balaban J connectivity index is 2.14. The lowest BCUT2D eigenvalue weighted by atomic mass is 9.98. The normalized spacial score (nSPS) is 33.7. The van der Waals surface area contributed by atoms with E-state index in [9.17, 15) is 0 Å². The monoisotopic (exact) mass is 226 g/mol. The van der Waals surface area contributed by atoms with Crippen molar-refractivity contribution < 1.29 is 13.3 Å². The zero-order valence-electron chi connectivity index (χ0n) is 9.53. The molecular weight excluding hydrogens is 208 g/mol. The van der Waals surface area contributed by atoms with E-state index in [1.807, 2.05) is 0 Å². The molecule has 0 aromatic rings. The molecule has 0 bridgehead atoms. The van der Waals surface area contributed by atoms with E-state index in [0.29, 0.717) is 5.54 Å². The quantitative estimate of drug-likeness (QED) is 0.687. The second-order valence-electron chi connectivity index (χ2n) is 4.20. The highest BCUT2D eigenvalue weighted by Crippen LogP contribution is 2.66. The molecule has 84 valence electrons. The largest absolute Gasteiger partial charge is 0.504 e. The average molecular weight is 226 g/mol. The molecule has 2 unspecified atom stereocenters. The van der Waals surface area contributed by atoms with Crippen molar-refractivity contribution in [2.24, 2.45) is 5.41 Å². The maximum Gasteiger partial charge on any atom is 0.504 e. The lowest BCUT2D eigenvalue weighted by Crippen LogP contribution is -2.44. The first kappa shape index (κ1) is 11.1. The van der Waals surface area contributed by atoms with Crippen LogP contribution < -0.4 is 0 Å². The summed E-state index contributed by atoms with van der Waals surface area (Å²) in [6, 6.07) is 0. The summed E-state index contributed by atoms with van der Waals surface area (Å²) < 4.78 is 16.6. The predicted molar refractivity (Wildman–Crippen MR) is 60.5 cm³/mol. The molecule has 0 aromatic heterocycles. The first-order chi connectivity index (χ1) is 7.23. The van der Waals surface area contributed by atoms with E-state index in [1.54, 1.807) is 21.3 Å². The van der Waals surface area contributed by atoms with Crippen molar-refractivity contribution in [3.05, 3.63) is 24.3 Å². The maximum absolute atomic E-state index is 5.52. The van der Waals surface area contributed by atoms with Crippen LogP contribution in [-0.2, 0) is 13.3 Å². The van der Waals surface area contributed by atoms with E-state index in [0.717, 1.165) is 12.8 Å². The summed E-state index contributed by atoms with van der Waals surface area (Å²) in [6.07, 6.45) is 10.9. The molecule has 2 aliphatic rings. The molecule has 4 heteroatoms. The summed E-state index contributed by atoms with van der Waals surface area (Å²) in [4.78, 5) is 0. The van der Waals surface area contributed by atoms with Gasteiger partial charge in [0, 0.05) is 26.9 Å². The predicted octanol–water partition coefficient (Wildman–Crippen LogP) is 2.14. The summed E-state index contributed by atoms with van der Waals surface area (Å²) in [5.41, 5.74) is 0.675. The summed E-state index contributed by atoms with van der Waals surface area (Å²) in [6.45, 7) is 0. The molecule has 0 aliphatic heterocycles. The molecule has 0 N–H and O–H groups in total. The minimum Gasteiger partial charge on any atom is -0.377 e. The minimum absolute atomic E-state index is 0.253. The van der Waals surface area contributed by atoms with Gasteiger partial charge in [-0.1, -0.05) is 24.3 Å². The maximum atomic E-state index is 5.52. The van der Waals surface area contributed by atoms with Crippen LogP contribution in [0.25, 0.3) is 0 Å². The van der Waals surface area contributed by atoms with Gasteiger partial charge in [0.25, 0.3) is 0 Å². The molecule has 1 spiro atoms. The molecule has 0 amide bonds. The Morgan fingerprint density at radius 1 is 1.13 bits per heavy atom. The third-order valence-corrected chi connectivity index (χ3v) is 6.91. The van der Waals surface area contributed by atoms with E-state index >= 15 is 0 Å². The molecule has 1 saturated carbocycles. The summed E-state index contributed by atoms with van der Waals surface area (Å²) in [7, 11) is 2.64. The van der Waals surface area contributed by atoms with E-state index in [4.69, 9.17) is 13.3 Å². The van der Waals surface area contributed by atoms with Crippen LogP contribution in [0.3, 0.4) is 0 Å². The van der Waals surface area contributed by atoms with Crippen molar-refractivity contribution in [2.75, 3.05) is 21.3 Å². The Labute approximate surface area is 92.1 Å². The Kier molecular flexibility index (Phi) is 2.85. The van der Waals surface area contributed by atoms with Gasteiger partial charge in [-0.25, -0.2) is 0 Å². The van der Waals surface area contributed by atoms with Crippen molar-refractivity contribution >= 4 is 8.80 Å². The molecular formula is C11H18O3Si. The van der Waals surface area contributed by atoms with Crippen LogP contribution in [0, 0.1) is 5.41 Å². The lowest BCUT2D eigenvalue weighted by molar-refractivity contribution is 0.118. The van der Waals surface area contributed by atoms with E-state index in [-0.39, 0.29) is 5.41 Å². The minimum atomic E-state index is -2.43. The first-order valence-corrected chi connectivity index (χ1v) is 7.03. The lowest BCUT2D eigenvalue weighted by Gasteiger charge is -2.27. The Morgan fingerprint density at radius 3 is 2.27 bits per heavy atom. The Morgan fingerprint density at radius 2 is 1.80 bits per heavy atom. The number of hydrogen-bond donors (Lipinski definition) is 0. The van der Waals surface area contributed by atoms with Crippen LogP contribution in [0.2, 0.25) is 5.54 Å². The standard InChI is InChI=1S/C11H18O3Si/c1-12-15(13-2,14-3)10-9-11(10)7-5-4-6-8-11/h4-7,10H,8-9H2,1-3H3. The van der Waals surface area contributed by atoms with Crippen LogP contribution in [-0.4, -0.2) is 30.1 Å². The molecule has 0 aromatic carbocycles. The highest BCUT2D eigenvalue weighted by molar-refractivity contribution is 6.63. The molecule has 3 nitrogen and oxygen atoms in total. The van der Waals surface area contributed by atoms with Crippen LogP contribution in [0.15, 0.2) is 24.3 Å². The van der Waals surface area contributed by atoms with Crippen LogP contribution in [0.4, 0.5) is 0 Å². The number of rotatable bonds is 4. The zero-order chi connectivity index (χ0) is 10.9. The third-order valence-electron chi connectivity index (χ3n) is 3.57. The molecule has 2 aliphatic carbocycles. The molecule has 2 rings (SSSR count). The highest BCUT2D eigenvalue weighted by Gasteiger charge is 2.67. The topological polar surface area (TPSA) is 27.7 Å². The molecule has 1 fully saturated rings. The van der Waals surface area contributed by atoms with Gasteiger partial charge in [0.05, 0.1) is 0 Å². The molecule has 0 heterocycles. The molecule has 15 heavy (non-hydrogen) atoms. The van der Waals surface area contributed by atoms with Gasteiger partial charge in [0.1, 0.15) is 0 Å². The van der Waals surface area contributed by atoms with Crippen molar-refractivity contribution in [2.45, 2.75) is 18.4 Å². The summed E-state index contributed by atoms with van der Waals surface area (Å²) in [5.74, 6) is 0. The molecule has 0 saturated heterocycles. The van der Waals surface area contributed by atoms with Gasteiger partial charge in [0.15, 0.2) is 0 Å². The fourth-order valence-corrected chi connectivity index (χ4v) is 5.47. The van der Waals surface area contributed by atoms with Gasteiger partial charge >= 0.3 is 8.80 Å². The third kappa shape index (κ3) is 1.61. The second kappa shape index (κ2) is 3.86. The van der Waals surface area contributed by atoms with Crippen LogP contribution in [0.1, 0.15) is 12.8 Å². The average Bonchev–Trinajstić information content (AvgIpc) is 2.97. The van der Waals surface area contributed by atoms with E-state index in [1.165, 1.54) is 0 Å². The van der Waals surface area contributed by atoms with Crippen LogP contribution in [0.5, 0.6) is 0 Å². The van der Waals surface area contributed by atoms with E-state index in [2.05, 4.69) is 24.3 Å². The smallest absolute Gasteiger partial charge is 0.377 e. The Hall–Kier alpha value is -0.423. The van der Waals surface area contributed by atoms with Crippen molar-refractivity contribution in [3.8, 4) is 0 Å². The summed E-state index contributed by atoms with van der Waals surface area (Å²) in [5, 5.41) is 0. The summed E-state index contributed by atoms with van der Waals surface area (Å²) >= 11 is 0. The zero-order valence-corrected chi connectivity index (χ0v) is 10.5. The van der Waals surface area contributed by atoms with Gasteiger partial charge < -0.3 is 13.3 Å². The van der Waals surface area contributed by atoms with Gasteiger partial charge in [-0.15, -0.1) is 0 Å². The molecule has 2 atom stereocenters. The van der Waals surface area contributed by atoms with E-state index < -0.39 is 8.80 Å². The van der Waals surface area contributed by atoms with Crippen LogP contribution >= 0.6 is 0 Å².